The van der Waals surface area contributed by atoms with Crippen molar-refractivity contribution in [3.8, 4) is 5.75 Å². The summed E-state index contributed by atoms with van der Waals surface area (Å²) >= 11 is 0. The van der Waals surface area contributed by atoms with Crippen molar-refractivity contribution < 1.29 is 66.0 Å². The molecule has 0 saturated heterocycles. The summed E-state index contributed by atoms with van der Waals surface area (Å²) in [6.45, 7) is 1.55. The molecule has 13 heavy (non-hydrogen) atoms. The van der Waals surface area contributed by atoms with Crippen LogP contribution in [0.25, 0.3) is 0 Å². The summed E-state index contributed by atoms with van der Waals surface area (Å²) in [5.74, 6) is -0.666. The van der Waals surface area contributed by atoms with Gasteiger partial charge in [0.2, 0.25) is 0 Å². The number of carboxylic acid groups (broad SMARTS) is 1. The Kier molecular flexibility index (Phi) is 6.62. The molecule has 0 heterocycles. The van der Waals surface area contributed by atoms with Gasteiger partial charge in [0.25, 0.3) is 0 Å². The van der Waals surface area contributed by atoms with Crippen LogP contribution >= 0.6 is 0 Å². The second kappa shape index (κ2) is 6.56. The molecule has 0 aliphatic rings. The van der Waals surface area contributed by atoms with Crippen LogP contribution in [0.15, 0.2) is 24.3 Å². The molecule has 0 radical (unpaired) electrons. The van der Waals surface area contributed by atoms with E-state index in [1.165, 1.54) is 0 Å². The third kappa shape index (κ3) is 5.43. The largest absolute Gasteiger partial charge is 1.00 e. The van der Waals surface area contributed by atoms with Crippen molar-refractivity contribution in [1.82, 2.24) is 0 Å². The average molecular weight is 204 g/mol. The number of aliphatic carboxylic acids is 1. The Morgan fingerprint density at radius 3 is 2.38 bits per heavy atom. The van der Waals surface area contributed by atoms with Crippen LogP contribution in [0.3, 0.4) is 0 Å². The van der Waals surface area contributed by atoms with E-state index >= 15 is 0 Å². The molecule has 0 amide bonds. The molecule has 1 aromatic rings. The van der Waals surface area contributed by atoms with Gasteiger partial charge >= 0.3 is 51.4 Å². The molecule has 1 rings (SSSR count). The van der Waals surface area contributed by atoms with E-state index in [1.807, 2.05) is 19.1 Å². The van der Waals surface area contributed by atoms with Gasteiger partial charge in [-0.05, 0) is 19.1 Å². The quantitative estimate of drug-likeness (QED) is 0.497. The van der Waals surface area contributed by atoms with Crippen molar-refractivity contribution in [3.63, 3.8) is 0 Å². The zero-order chi connectivity index (χ0) is 8.97. The van der Waals surface area contributed by atoms with Gasteiger partial charge in [0.15, 0.2) is 0 Å². The first-order valence-electron chi connectivity index (χ1n) is 3.58. The monoisotopic (exact) mass is 204 g/mol. The normalized spacial score (nSPS) is 8.69. The summed E-state index contributed by atoms with van der Waals surface area (Å²) in [7, 11) is 0. The van der Waals surface area contributed by atoms with E-state index in [0.29, 0.717) is 5.75 Å². The number of carbonyl (C=O) groups is 1. The van der Waals surface area contributed by atoms with E-state index in [1.54, 1.807) is 12.1 Å². The molecular formula is C9H9KO3. The van der Waals surface area contributed by atoms with Crippen LogP contribution in [0, 0.1) is 6.92 Å². The fourth-order valence-corrected chi connectivity index (χ4v) is 0.777. The molecule has 0 N–H and O–H groups in total. The van der Waals surface area contributed by atoms with Crippen LogP contribution in [-0.4, -0.2) is 12.6 Å². The van der Waals surface area contributed by atoms with Crippen LogP contribution in [0.1, 0.15) is 5.56 Å². The maximum absolute atomic E-state index is 10.0. The van der Waals surface area contributed by atoms with Gasteiger partial charge in [-0.15, -0.1) is 0 Å². The Morgan fingerprint density at radius 2 is 1.92 bits per heavy atom. The van der Waals surface area contributed by atoms with Gasteiger partial charge in [-0.3, -0.25) is 0 Å². The molecule has 0 atom stereocenters. The molecule has 1 aromatic carbocycles. The fourth-order valence-electron chi connectivity index (χ4n) is 0.777. The van der Waals surface area contributed by atoms with E-state index in [4.69, 9.17) is 4.74 Å². The Bertz CT molecular complexity index is 269. The third-order valence-electron chi connectivity index (χ3n) is 1.38. The zero-order valence-electron chi connectivity index (χ0n) is 7.74. The first-order valence-corrected chi connectivity index (χ1v) is 3.58. The molecule has 0 aliphatic carbocycles. The summed E-state index contributed by atoms with van der Waals surface area (Å²) in [6, 6.07) is 7.14. The Balaban J connectivity index is 0.00000144. The van der Waals surface area contributed by atoms with Gasteiger partial charge in [-0.1, -0.05) is 17.7 Å². The van der Waals surface area contributed by atoms with Crippen molar-refractivity contribution in [2.45, 2.75) is 6.92 Å². The van der Waals surface area contributed by atoms with E-state index in [2.05, 4.69) is 0 Å². The molecule has 0 saturated carbocycles. The minimum atomic E-state index is -1.21. The molecule has 0 fully saturated rings. The third-order valence-corrected chi connectivity index (χ3v) is 1.38. The van der Waals surface area contributed by atoms with Gasteiger partial charge in [-0.25, -0.2) is 0 Å². The number of rotatable bonds is 3. The molecule has 0 unspecified atom stereocenters. The summed E-state index contributed by atoms with van der Waals surface area (Å²) in [5.41, 5.74) is 1.11. The predicted molar refractivity (Wildman–Crippen MR) is 41.7 cm³/mol. The number of carboxylic acids is 1. The van der Waals surface area contributed by atoms with Gasteiger partial charge in [0.05, 0.1) is 5.97 Å². The number of aryl methyl sites for hydroxylation is 1. The summed E-state index contributed by atoms with van der Waals surface area (Å²) < 4.78 is 4.86. The van der Waals surface area contributed by atoms with Crippen molar-refractivity contribution in [1.29, 1.82) is 0 Å². The molecule has 0 bridgehead atoms. The van der Waals surface area contributed by atoms with E-state index < -0.39 is 12.6 Å². The maximum atomic E-state index is 10.0. The number of hydrogen-bond acceptors (Lipinski definition) is 3. The Labute approximate surface area is 120 Å². The SMILES string of the molecule is Cc1ccc(OCC(=O)[O-])cc1.[K+]. The van der Waals surface area contributed by atoms with Crippen LogP contribution in [0.2, 0.25) is 0 Å². The first-order chi connectivity index (χ1) is 5.68. The molecule has 3 nitrogen and oxygen atoms in total. The summed E-state index contributed by atoms with van der Waals surface area (Å²) in [4.78, 5) is 10.0. The van der Waals surface area contributed by atoms with Crippen LogP contribution in [-0.2, 0) is 4.79 Å². The van der Waals surface area contributed by atoms with Gasteiger partial charge in [0, 0.05) is 0 Å². The maximum Gasteiger partial charge on any atom is 1.00 e. The van der Waals surface area contributed by atoms with Gasteiger partial charge < -0.3 is 14.6 Å². The van der Waals surface area contributed by atoms with E-state index in [-0.39, 0.29) is 51.4 Å². The molecule has 64 valence electrons. The van der Waals surface area contributed by atoms with Crippen LogP contribution in [0.4, 0.5) is 0 Å². The fraction of sp³-hybridized carbons (Fsp3) is 0.222. The summed E-state index contributed by atoms with van der Waals surface area (Å²) in [5, 5.41) is 10.0. The van der Waals surface area contributed by atoms with Crippen molar-refractivity contribution in [2.75, 3.05) is 6.61 Å². The van der Waals surface area contributed by atoms with Gasteiger partial charge in [0.1, 0.15) is 12.4 Å². The Hall–Kier alpha value is 0.126. The molecule has 0 spiro atoms. The average Bonchev–Trinajstić information content (AvgIpc) is 2.03. The van der Waals surface area contributed by atoms with Gasteiger partial charge in [-0.2, -0.15) is 0 Å². The minimum Gasteiger partial charge on any atom is -0.546 e. The zero-order valence-corrected chi connectivity index (χ0v) is 10.9. The van der Waals surface area contributed by atoms with Crippen molar-refractivity contribution in [2.24, 2.45) is 0 Å². The van der Waals surface area contributed by atoms with E-state index in [9.17, 15) is 9.90 Å². The van der Waals surface area contributed by atoms with Crippen molar-refractivity contribution in [3.05, 3.63) is 29.8 Å². The second-order valence-electron chi connectivity index (χ2n) is 2.47. The number of ether oxygens (including phenoxy) is 1. The summed E-state index contributed by atoms with van der Waals surface area (Å²) in [6.07, 6.45) is 0. The van der Waals surface area contributed by atoms with Crippen LogP contribution in [0.5, 0.6) is 5.75 Å². The minimum absolute atomic E-state index is 0. The van der Waals surface area contributed by atoms with Crippen LogP contribution < -0.4 is 61.2 Å². The predicted octanol–water partition coefficient (Wildman–Crippen LogP) is -2.87. The molecule has 0 aliphatic heterocycles. The molecule has 4 heteroatoms. The van der Waals surface area contributed by atoms with Crippen molar-refractivity contribution >= 4 is 5.97 Å². The number of hydrogen-bond donors (Lipinski definition) is 0. The smallest absolute Gasteiger partial charge is 0.546 e. The molecular weight excluding hydrogens is 195 g/mol. The second-order valence-corrected chi connectivity index (χ2v) is 2.47. The standard InChI is InChI=1S/C9H10O3.K/c1-7-2-4-8(5-3-7)12-6-9(10)11;/h2-5H,6H2,1H3,(H,10,11);/q;+1/p-1. The number of benzene rings is 1. The Morgan fingerprint density at radius 1 is 1.38 bits per heavy atom. The van der Waals surface area contributed by atoms with E-state index in [0.717, 1.165) is 5.56 Å². The first kappa shape index (κ1) is 13.1. The molecule has 0 aromatic heterocycles. The topological polar surface area (TPSA) is 49.4 Å². The number of carbonyl (C=O) groups excluding carboxylic acids is 1.